The molecule has 0 spiro atoms. The maximum atomic E-state index is 13.7. The van der Waals surface area contributed by atoms with Gasteiger partial charge in [0.2, 0.25) is 5.76 Å². The van der Waals surface area contributed by atoms with E-state index in [1.807, 2.05) is 19.1 Å². The quantitative estimate of drug-likeness (QED) is 0.317. The molecule has 5 rings (SSSR count). The van der Waals surface area contributed by atoms with Crippen molar-refractivity contribution in [2.75, 3.05) is 11.5 Å². The van der Waals surface area contributed by atoms with Gasteiger partial charge in [0.1, 0.15) is 5.58 Å². The highest BCUT2D eigenvalue weighted by atomic mass is 79.9. The van der Waals surface area contributed by atoms with Gasteiger partial charge in [0.15, 0.2) is 16.9 Å². The van der Waals surface area contributed by atoms with Crippen LogP contribution in [0.1, 0.15) is 34.6 Å². The number of hydrogen-bond donors (Lipinski definition) is 1. The summed E-state index contributed by atoms with van der Waals surface area (Å²) in [4.78, 5) is 28.8. The molecule has 1 aromatic heterocycles. The summed E-state index contributed by atoms with van der Waals surface area (Å²) in [5.41, 5.74) is 1.54. The molecular formula is C25H17Br2NO5. The number of carbonyl (C=O) groups excluding carboxylic acids is 1. The van der Waals surface area contributed by atoms with Gasteiger partial charge in [0.25, 0.3) is 5.91 Å². The van der Waals surface area contributed by atoms with Crippen LogP contribution in [-0.4, -0.2) is 17.6 Å². The Balaban J connectivity index is 1.80. The molecule has 1 amide bonds. The predicted molar refractivity (Wildman–Crippen MR) is 132 cm³/mol. The van der Waals surface area contributed by atoms with Gasteiger partial charge in [0.05, 0.1) is 23.6 Å². The van der Waals surface area contributed by atoms with Crippen LogP contribution in [0.2, 0.25) is 0 Å². The van der Waals surface area contributed by atoms with Gasteiger partial charge in [-0.1, -0.05) is 37.9 Å². The van der Waals surface area contributed by atoms with E-state index >= 15 is 0 Å². The van der Waals surface area contributed by atoms with Gasteiger partial charge < -0.3 is 14.3 Å². The molecule has 1 aliphatic rings. The first kappa shape index (κ1) is 21.7. The van der Waals surface area contributed by atoms with Crippen molar-refractivity contribution in [2.45, 2.75) is 13.0 Å². The summed E-state index contributed by atoms with van der Waals surface area (Å²) in [6.07, 6.45) is 0. The van der Waals surface area contributed by atoms with E-state index in [1.165, 1.54) is 11.0 Å². The molecule has 8 heteroatoms. The van der Waals surface area contributed by atoms with Crippen molar-refractivity contribution in [3.63, 3.8) is 0 Å². The number of ether oxygens (including phenoxy) is 1. The highest BCUT2D eigenvalue weighted by Gasteiger charge is 2.44. The number of carbonyl (C=O) groups is 1. The molecule has 0 saturated carbocycles. The lowest BCUT2D eigenvalue weighted by atomic mass is 9.97. The monoisotopic (exact) mass is 569 g/mol. The first-order valence-electron chi connectivity index (χ1n) is 10.2. The number of rotatable bonds is 4. The summed E-state index contributed by atoms with van der Waals surface area (Å²) in [5, 5.41) is 10.6. The molecule has 1 atom stereocenters. The van der Waals surface area contributed by atoms with Gasteiger partial charge >= 0.3 is 0 Å². The van der Waals surface area contributed by atoms with E-state index in [4.69, 9.17) is 9.15 Å². The minimum Gasteiger partial charge on any atom is -0.504 e. The molecule has 1 aliphatic heterocycles. The Bertz CT molecular complexity index is 1460. The molecule has 4 aromatic rings. The fourth-order valence-electron chi connectivity index (χ4n) is 4.10. The normalized spacial score (nSPS) is 15.2. The lowest BCUT2D eigenvalue weighted by molar-refractivity contribution is 0.0971. The van der Waals surface area contributed by atoms with Gasteiger partial charge in [-0.25, -0.2) is 0 Å². The molecule has 3 aromatic carbocycles. The van der Waals surface area contributed by atoms with Crippen LogP contribution in [0.25, 0.3) is 11.0 Å². The first-order valence-corrected chi connectivity index (χ1v) is 11.8. The zero-order valence-electron chi connectivity index (χ0n) is 17.3. The predicted octanol–water partition coefficient (Wildman–Crippen LogP) is 6.17. The Morgan fingerprint density at radius 3 is 2.45 bits per heavy atom. The number of phenolic OH excluding ortho intramolecular Hbond substituents is 1. The second-order valence-corrected chi connectivity index (χ2v) is 9.36. The summed E-state index contributed by atoms with van der Waals surface area (Å²) in [7, 11) is 0. The third-order valence-corrected chi connectivity index (χ3v) is 6.56. The molecule has 1 unspecified atom stereocenters. The van der Waals surface area contributed by atoms with Crippen LogP contribution in [-0.2, 0) is 0 Å². The highest BCUT2D eigenvalue weighted by molar-refractivity contribution is 9.10. The second-order valence-electron chi connectivity index (χ2n) is 7.53. The van der Waals surface area contributed by atoms with E-state index in [1.54, 1.807) is 42.5 Å². The van der Waals surface area contributed by atoms with E-state index in [0.29, 0.717) is 28.8 Å². The Morgan fingerprint density at radius 2 is 1.73 bits per heavy atom. The van der Waals surface area contributed by atoms with E-state index in [-0.39, 0.29) is 28.3 Å². The highest BCUT2D eigenvalue weighted by Crippen LogP contribution is 2.43. The second kappa shape index (κ2) is 8.35. The number of phenols is 1. The fraction of sp³-hybridized carbons (Fsp3) is 0.120. The van der Waals surface area contributed by atoms with Crippen LogP contribution in [0.5, 0.6) is 11.5 Å². The number of fused-ring (bicyclic) bond motifs is 2. The third-order valence-electron chi connectivity index (χ3n) is 5.54. The van der Waals surface area contributed by atoms with Crippen molar-refractivity contribution < 1.29 is 19.1 Å². The van der Waals surface area contributed by atoms with Gasteiger partial charge in [0, 0.05) is 14.6 Å². The van der Waals surface area contributed by atoms with Crippen molar-refractivity contribution in [3.8, 4) is 11.5 Å². The number of anilines is 1. The smallest absolute Gasteiger partial charge is 0.295 e. The Morgan fingerprint density at radius 1 is 1.00 bits per heavy atom. The third kappa shape index (κ3) is 3.63. The summed E-state index contributed by atoms with van der Waals surface area (Å²) in [6, 6.07) is 16.4. The van der Waals surface area contributed by atoms with E-state index in [2.05, 4.69) is 31.9 Å². The Kier molecular flexibility index (Phi) is 5.50. The molecule has 0 fully saturated rings. The Labute approximate surface area is 205 Å². The lowest BCUT2D eigenvalue weighted by Crippen LogP contribution is -2.29. The van der Waals surface area contributed by atoms with Gasteiger partial charge in [-0.15, -0.1) is 0 Å². The molecule has 33 heavy (non-hydrogen) atoms. The average Bonchev–Trinajstić information content (AvgIpc) is 3.09. The van der Waals surface area contributed by atoms with E-state index < -0.39 is 11.9 Å². The van der Waals surface area contributed by atoms with Crippen molar-refractivity contribution in [1.82, 2.24) is 0 Å². The average molecular weight is 571 g/mol. The number of amides is 1. The van der Waals surface area contributed by atoms with Crippen molar-refractivity contribution >= 4 is 54.4 Å². The summed E-state index contributed by atoms with van der Waals surface area (Å²) in [6.45, 7) is 2.17. The minimum atomic E-state index is -0.756. The number of benzene rings is 3. The van der Waals surface area contributed by atoms with Crippen LogP contribution in [0, 0.1) is 0 Å². The molecule has 6 nitrogen and oxygen atoms in total. The molecule has 0 bridgehead atoms. The van der Waals surface area contributed by atoms with Crippen LogP contribution in [0.15, 0.2) is 78.8 Å². The molecule has 0 radical (unpaired) electrons. The zero-order valence-corrected chi connectivity index (χ0v) is 20.5. The largest absolute Gasteiger partial charge is 0.504 e. The van der Waals surface area contributed by atoms with Crippen molar-refractivity contribution in [3.05, 3.63) is 96.7 Å². The minimum absolute atomic E-state index is 0.00813. The fourth-order valence-corrected chi connectivity index (χ4v) is 4.73. The topological polar surface area (TPSA) is 80.0 Å². The first-order chi connectivity index (χ1) is 15.9. The molecule has 0 saturated heterocycles. The maximum absolute atomic E-state index is 13.7. The summed E-state index contributed by atoms with van der Waals surface area (Å²) in [5.74, 6) is -0.145. The number of hydrogen-bond acceptors (Lipinski definition) is 5. The molecule has 0 aliphatic carbocycles. The summed E-state index contributed by atoms with van der Waals surface area (Å²) < 4.78 is 13.1. The van der Waals surface area contributed by atoms with E-state index in [0.717, 1.165) is 8.95 Å². The maximum Gasteiger partial charge on any atom is 0.295 e. The SMILES string of the molecule is CCOc1cc(C2c3c(oc4ccc(Br)cc4c3=O)C(=O)N2c2ccc(Br)cc2)ccc1O. The van der Waals surface area contributed by atoms with Gasteiger partial charge in [-0.05, 0) is 67.1 Å². The molecule has 1 N–H and O–H groups in total. The molecular weight excluding hydrogens is 554 g/mol. The van der Waals surface area contributed by atoms with Crippen LogP contribution in [0.3, 0.4) is 0 Å². The van der Waals surface area contributed by atoms with Crippen LogP contribution in [0.4, 0.5) is 5.69 Å². The number of nitrogens with zero attached hydrogens (tertiary/aromatic N) is 1. The number of halogens is 2. The summed E-state index contributed by atoms with van der Waals surface area (Å²) >= 11 is 6.82. The zero-order chi connectivity index (χ0) is 23.3. The standard InChI is InChI=1S/C25H17Br2NO5/c1-2-32-20-11-13(3-9-18(20)29)22-21-23(30)17-12-15(27)6-10-19(17)33-24(21)25(31)28(22)16-7-4-14(26)5-8-16/h3-12,22,29H,2H2,1H3. The van der Waals surface area contributed by atoms with Gasteiger partial charge in [-0.2, -0.15) is 0 Å². The molecule has 2 heterocycles. The lowest BCUT2D eigenvalue weighted by Gasteiger charge is -2.25. The van der Waals surface area contributed by atoms with E-state index in [9.17, 15) is 14.7 Å². The van der Waals surface area contributed by atoms with Crippen LogP contribution >= 0.6 is 31.9 Å². The van der Waals surface area contributed by atoms with Gasteiger partial charge in [-0.3, -0.25) is 14.5 Å². The Hall–Kier alpha value is -3.10. The van der Waals surface area contributed by atoms with Crippen molar-refractivity contribution in [2.24, 2.45) is 0 Å². The molecule has 166 valence electrons. The van der Waals surface area contributed by atoms with Crippen LogP contribution < -0.4 is 15.1 Å². The van der Waals surface area contributed by atoms with Crippen molar-refractivity contribution in [1.29, 1.82) is 0 Å². The number of aromatic hydroxyl groups is 1.